The van der Waals surface area contributed by atoms with E-state index in [2.05, 4.69) is 20.4 Å². The SMILES string of the molecule is COc1cccc2c(Cn3cncn3)cc(NC(C)=O)nc12. The third kappa shape index (κ3) is 2.73. The summed E-state index contributed by atoms with van der Waals surface area (Å²) in [5, 5.41) is 7.78. The molecule has 112 valence electrons. The highest BCUT2D eigenvalue weighted by Gasteiger charge is 2.11. The van der Waals surface area contributed by atoms with E-state index in [1.807, 2.05) is 24.3 Å². The predicted molar refractivity (Wildman–Crippen MR) is 81.7 cm³/mol. The Balaban J connectivity index is 2.16. The van der Waals surface area contributed by atoms with E-state index >= 15 is 0 Å². The third-order valence-electron chi connectivity index (χ3n) is 3.21. The number of aromatic nitrogens is 4. The Morgan fingerprint density at radius 3 is 2.95 bits per heavy atom. The summed E-state index contributed by atoms with van der Waals surface area (Å²) in [5.74, 6) is 0.970. The molecule has 0 saturated carbocycles. The fourth-order valence-corrected chi connectivity index (χ4v) is 2.32. The molecule has 1 N–H and O–H groups in total. The number of benzene rings is 1. The van der Waals surface area contributed by atoms with Crippen molar-refractivity contribution in [3.63, 3.8) is 0 Å². The summed E-state index contributed by atoms with van der Waals surface area (Å²) >= 11 is 0. The van der Waals surface area contributed by atoms with Crippen molar-refractivity contribution in [2.75, 3.05) is 12.4 Å². The Kier molecular flexibility index (Phi) is 3.69. The molecule has 7 heteroatoms. The summed E-state index contributed by atoms with van der Waals surface area (Å²) in [5.41, 5.74) is 1.67. The molecule has 0 aliphatic rings. The van der Waals surface area contributed by atoms with Crippen LogP contribution in [0.1, 0.15) is 12.5 Å². The van der Waals surface area contributed by atoms with Crippen molar-refractivity contribution >= 4 is 22.6 Å². The fraction of sp³-hybridized carbons (Fsp3) is 0.200. The lowest BCUT2D eigenvalue weighted by molar-refractivity contribution is -0.114. The van der Waals surface area contributed by atoms with E-state index in [9.17, 15) is 4.79 Å². The van der Waals surface area contributed by atoms with Crippen LogP contribution in [-0.4, -0.2) is 32.8 Å². The summed E-state index contributed by atoms with van der Waals surface area (Å²) in [6.45, 7) is 1.98. The van der Waals surface area contributed by atoms with Crippen molar-refractivity contribution in [1.82, 2.24) is 19.7 Å². The lowest BCUT2D eigenvalue weighted by atomic mass is 10.1. The molecule has 0 atom stereocenters. The van der Waals surface area contributed by atoms with Crippen molar-refractivity contribution in [3.05, 3.63) is 42.5 Å². The van der Waals surface area contributed by atoms with Gasteiger partial charge in [-0.25, -0.2) is 14.6 Å². The summed E-state index contributed by atoms with van der Waals surface area (Å²) in [6.07, 6.45) is 3.13. The van der Waals surface area contributed by atoms with Gasteiger partial charge in [0, 0.05) is 12.3 Å². The van der Waals surface area contributed by atoms with E-state index in [4.69, 9.17) is 4.74 Å². The van der Waals surface area contributed by atoms with E-state index in [-0.39, 0.29) is 5.91 Å². The van der Waals surface area contributed by atoms with Crippen molar-refractivity contribution in [2.24, 2.45) is 0 Å². The average molecular weight is 297 g/mol. The largest absolute Gasteiger partial charge is 0.494 e. The van der Waals surface area contributed by atoms with Gasteiger partial charge in [-0.05, 0) is 17.7 Å². The smallest absolute Gasteiger partial charge is 0.222 e. The summed E-state index contributed by atoms with van der Waals surface area (Å²) in [6, 6.07) is 7.55. The molecule has 7 nitrogen and oxygen atoms in total. The molecule has 0 radical (unpaired) electrons. The second kappa shape index (κ2) is 5.80. The van der Waals surface area contributed by atoms with E-state index in [1.165, 1.54) is 13.3 Å². The standard InChI is InChI=1S/C15H15N5O2/c1-10(21)18-14-6-11(7-20-9-16-8-17-20)12-4-3-5-13(22-2)15(12)19-14/h3-6,8-9H,7H2,1-2H3,(H,18,19,21). The van der Waals surface area contributed by atoms with Gasteiger partial charge in [-0.2, -0.15) is 5.10 Å². The highest BCUT2D eigenvalue weighted by atomic mass is 16.5. The molecule has 0 fully saturated rings. The molecule has 0 aliphatic heterocycles. The number of anilines is 1. The van der Waals surface area contributed by atoms with Crippen LogP contribution in [0.4, 0.5) is 5.82 Å². The zero-order valence-electron chi connectivity index (χ0n) is 12.3. The molecular weight excluding hydrogens is 282 g/mol. The van der Waals surface area contributed by atoms with Crippen LogP contribution in [0, 0.1) is 0 Å². The second-order valence-corrected chi connectivity index (χ2v) is 4.80. The van der Waals surface area contributed by atoms with Gasteiger partial charge >= 0.3 is 0 Å². The first-order valence-electron chi connectivity index (χ1n) is 6.74. The minimum absolute atomic E-state index is 0.173. The van der Waals surface area contributed by atoms with Gasteiger partial charge in [0.05, 0.1) is 13.7 Å². The van der Waals surface area contributed by atoms with E-state index in [1.54, 1.807) is 18.1 Å². The Morgan fingerprint density at radius 1 is 1.41 bits per heavy atom. The van der Waals surface area contributed by atoms with Crippen LogP contribution >= 0.6 is 0 Å². The maximum absolute atomic E-state index is 11.3. The maximum Gasteiger partial charge on any atom is 0.222 e. The number of carbonyl (C=O) groups is 1. The number of rotatable bonds is 4. The number of hydrogen-bond donors (Lipinski definition) is 1. The number of methoxy groups -OCH3 is 1. The first-order chi connectivity index (χ1) is 10.7. The quantitative estimate of drug-likeness (QED) is 0.794. The molecule has 1 aromatic carbocycles. The number of carbonyl (C=O) groups excluding carboxylic acids is 1. The van der Waals surface area contributed by atoms with Gasteiger partial charge in [0.2, 0.25) is 5.91 Å². The molecule has 0 spiro atoms. The van der Waals surface area contributed by atoms with Crippen LogP contribution in [0.2, 0.25) is 0 Å². The number of hydrogen-bond acceptors (Lipinski definition) is 5. The molecular formula is C15H15N5O2. The van der Waals surface area contributed by atoms with Crippen molar-refractivity contribution < 1.29 is 9.53 Å². The third-order valence-corrected chi connectivity index (χ3v) is 3.21. The van der Waals surface area contributed by atoms with Crippen LogP contribution in [0.3, 0.4) is 0 Å². The number of nitrogens with zero attached hydrogens (tertiary/aromatic N) is 4. The summed E-state index contributed by atoms with van der Waals surface area (Å²) < 4.78 is 7.08. The number of nitrogens with one attached hydrogen (secondary N) is 1. The van der Waals surface area contributed by atoms with Crippen LogP contribution in [0.25, 0.3) is 10.9 Å². The van der Waals surface area contributed by atoms with Gasteiger partial charge in [0.25, 0.3) is 0 Å². The van der Waals surface area contributed by atoms with Gasteiger partial charge in [-0.15, -0.1) is 0 Å². The lowest BCUT2D eigenvalue weighted by Crippen LogP contribution is -2.09. The monoisotopic (exact) mass is 297 g/mol. The molecule has 0 unspecified atom stereocenters. The summed E-state index contributed by atoms with van der Waals surface area (Å²) in [4.78, 5) is 19.7. The van der Waals surface area contributed by atoms with Crippen molar-refractivity contribution in [2.45, 2.75) is 13.5 Å². The molecule has 3 aromatic rings. The number of amides is 1. The molecule has 3 rings (SSSR count). The predicted octanol–water partition coefficient (Wildman–Crippen LogP) is 1.84. The van der Waals surface area contributed by atoms with E-state index in [0.717, 1.165) is 10.9 Å². The van der Waals surface area contributed by atoms with Crippen molar-refractivity contribution in [3.8, 4) is 5.75 Å². The Morgan fingerprint density at radius 2 is 2.27 bits per heavy atom. The number of fused-ring (bicyclic) bond motifs is 1. The molecule has 0 bridgehead atoms. The van der Waals surface area contributed by atoms with Crippen LogP contribution in [0.5, 0.6) is 5.75 Å². The molecule has 2 heterocycles. The molecule has 0 aliphatic carbocycles. The molecule has 22 heavy (non-hydrogen) atoms. The Labute approximate surface area is 127 Å². The van der Waals surface area contributed by atoms with E-state index in [0.29, 0.717) is 23.6 Å². The van der Waals surface area contributed by atoms with Crippen LogP contribution in [-0.2, 0) is 11.3 Å². The normalized spacial score (nSPS) is 10.6. The minimum atomic E-state index is -0.173. The van der Waals surface area contributed by atoms with E-state index < -0.39 is 0 Å². The van der Waals surface area contributed by atoms with Gasteiger partial charge < -0.3 is 10.1 Å². The Hall–Kier alpha value is -2.96. The van der Waals surface area contributed by atoms with Gasteiger partial charge in [-0.3, -0.25) is 4.79 Å². The number of ether oxygens (including phenoxy) is 1. The minimum Gasteiger partial charge on any atom is -0.494 e. The zero-order valence-corrected chi connectivity index (χ0v) is 12.3. The average Bonchev–Trinajstić information content (AvgIpc) is 2.99. The molecule has 2 aromatic heterocycles. The van der Waals surface area contributed by atoms with Gasteiger partial charge in [0.1, 0.15) is 29.7 Å². The van der Waals surface area contributed by atoms with Crippen LogP contribution < -0.4 is 10.1 Å². The maximum atomic E-state index is 11.3. The first kappa shape index (κ1) is 14.0. The first-order valence-corrected chi connectivity index (χ1v) is 6.74. The lowest BCUT2D eigenvalue weighted by Gasteiger charge is -2.12. The highest BCUT2D eigenvalue weighted by Crippen LogP contribution is 2.28. The van der Waals surface area contributed by atoms with Crippen LogP contribution in [0.15, 0.2) is 36.9 Å². The Bertz CT molecular complexity index is 814. The topological polar surface area (TPSA) is 81.9 Å². The second-order valence-electron chi connectivity index (χ2n) is 4.80. The highest BCUT2D eigenvalue weighted by molar-refractivity contribution is 5.93. The number of pyridine rings is 1. The number of para-hydroxylation sites is 1. The molecule has 1 amide bonds. The summed E-state index contributed by atoms with van der Waals surface area (Å²) in [7, 11) is 1.60. The van der Waals surface area contributed by atoms with Gasteiger partial charge in [0.15, 0.2) is 0 Å². The zero-order chi connectivity index (χ0) is 15.5. The molecule has 0 saturated heterocycles. The van der Waals surface area contributed by atoms with Gasteiger partial charge in [-0.1, -0.05) is 12.1 Å². The van der Waals surface area contributed by atoms with Crippen molar-refractivity contribution in [1.29, 1.82) is 0 Å². The fourth-order valence-electron chi connectivity index (χ4n) is 2.32.